The molecule has 2 rings (SSSR count). The molecule has 1 aliphatic rings. The lowest BCUT2D eigenvalue weighted by molar-refractivity contribution is 0.0594. The zero-order valence-electron chi connectivity index (χ0n) is 12.1. The van der Waals surface area contributed by atoms with Gasteiger partial charge in [0, 0.05) is 10.8 Å². The van der Waals surface area contributed by atoms with Crippen LogP contribution < -0.4 is 0 Å². The van der Waals surface area contributed by atoms with Crippen molar-refractivity contribution in [1.82, 2.24) is 4.98 Å². The van der Waals surface area contributed by atoms with E-state index in [1.807, 2.05) is 6.92 Å². The predicted molar refractivity (Wildman–Crippen MR) is 77.8 cm³/mol. The monoisotopic (exact) mass is 281 g/mol. The first-order valence-electron chi connectivity index (χ1n) is 7.21. The molecule has 1 fully saturated rings. The van der Waals surface area contributed by atoms with Gasteiger partial charge in [0.1, 0.15) is 0 Å². The van der Waals surface area contributed by atoms with Crippen LogP contribution in [0.3, 0.4) is 0 Å². The fourth-order valence-corrected chi connectivity index (χ4v) is 4.06. The highest BCUT2D eigenvalue weighted by Crippen LogP contribution is 2.39. The second-order valence-corrected chi connectivity index (χ2v) is 6.69. The zero-order valence-corrected chi connectivity index (χ0v) is 12.9. The van der Waals surface area contributed by atoms with Gasteiger partial charge in [0.15, 0.2) is 5.69 Å². The van der Waals surface area contributed by atoms with Gasteiger partial charge in [0.2, 0.25) is 0 Å². The van der Waals surface area contributed by atoms with Crippen LogP contribution in [0.25, 0.3) is 0 Å². The summed E-state index contributed by atoms with van der Waals surface area (Å²) in [5.74, 6) is 1.15. The van der Waals surface area contributed by atoms with Crippen LogP contribution >= 0.6 is 11.3 Å². The van der Waals surface area contributed by atoms with E-state index in [4.69, 9.17) is 4.74 Å². The van der Waals surface area contributed by atoms with Crippen LogP contribution in [0.5, 0.6) is 0 Å². The van der Waals surface area contributed by atoms with E-state index in [1.54, 1.807) is 11.3 Å². The first-order chi connectivity index (χ1) is 9.15. The van der Waals surface area contributed by atoms with Gasteiger partial charge in [-0.1, -0.05) is 19.8 Å². The molecule has 0 bridgehead atoms. The summed E-state index contributed by atoms with van der Waals surface area (Å²) in [6.45, 7) is 4.22. The Balaban J connectivity index is 2.02. The van der Waals surface area contributed by atoms with Crippen LogP contribution in [-0.4, -0.2) is 18.1 Å². The molecule has 1 saturated carbocycles. The molecular formula is C15H23NO2S. The summed E-state index contributed by atoms with van der Waals surface area (Å²) < 4.78 is 4.77. The number of ether oxygens (including phenoxy) is 1. The SMILES string of the molecule is CCCC1CCC(c2nc(C(=O)OC)c(C)s2)CC1. The van der Waals surface area contributed by atoms with E-state index in [1.165, 1.54) is 45.6 Å². The maximum atomic E-state index is 11.6. The Hall–Kier alpha value is -0.900. The third-order valence-electron chi connectivity index (χ3n) is 4.08. The normalized spacial score (nSPS) is 23.3. The van der Waals surface area contributed by atoms with E-state index < -0.39 is 0 Å². The number of rotatable bonds is 4. The fourth-order valence-electron chi connectivity index (χ4n) is 2.98. The van der Waals surface area contributed by atoms with Crippen molar-refractivity contribution in [2.45, 2.75) is 58.3 Å². The zero-order chi connectivity index (χ0) is 13.8. The van der Waals surface area contributed by atoms with Crippen LogP contribution in [0, 0.1) is 12.8 Å². The van der Waals surface area contributed by atoms with Crippen molar-refractivity contribution in [3.8, 4) is 0 Å². The van der Waals surface area contributed by atoms with Crippen LogP contribution in [0.1, 0.15) is 71.7 Å². The second kappa shape index (κ2) is 6.51. The first-order valence-corrected chi connectivity index (χ1v) is 8.03. The number of hydrogen-bond acceptors (Lipinski definition) is 4. The van der Waals surface area contributed by atoms with E-state index in [2.05, 4.69) is 11.9 Å². The maximum Gasteiger partial charge on any atom is 0.357 e. The average Bonchev–Trinajstić information content (AvgIpc) is 2.81. The standard InChI is InChI=1S/C15H23NO2S/c1-4-5-11-6-8-12(9-7-11)14-16-13(10(2)19-14)15(17)18-3/h11-12H,4-9H2,1-3H3. The molecule has 0 unspecified atom stereocenters. The lowest BCUT2D eigenvalue weighted by Gasteiger charge is -2.26. The lowest BCUT2D eigenvalue weighted by Crippen LogP contribution is -2.13. The Morgan fingerprint density at radius 2 is 2.05 bits per heavy atom. The molecule has 0 saturated heterocycles. The summed E-state index contributed by atoms with van der Waals surface area (Å²) in [7, 11) is 1.41. The number of carbonyl (C=O) groups excluding carboxylic acids is 1. The molecule has 19 heavy (non-hydrogen) atoms. The molecule has 0 spiro atoms. The average molecular weight is 281 g/mol. The van der Waals surface area contributed by atoms with Crippen molar-refractivity contribution in [2.75, 3.05) is 7.11 Å². The number of aromatic nitrogens is 1. The summed E-state index contributed by atoms with van der Waals surface area (Å²) in [6.07, 6.45) is 7.71. The number of thiazole rings is 1. The Morgan fingerprint density at radius 3 is 2.63 bits per heavy atom. The van der Waals surface area contributed by atoms with Gasteiger partial charge < -0.3 is 4.74 Å². The Morgan fingerprint density at radius 1 is 1.37 bits per heavy atom. The minimum absolute atomic E-state index is 0.306. The fraction of sp³-hybridized carbons (Fsp3) is 0.733. The van der Waals surface area contributed by atoms with Gasteiger partial charge in [-0.2, -0.15) is 0 Å². The van der Waals surface area contributed by atoms with E-state index in [0.717, 1.165) is 15.8 Å². The third kappa shape index (κ3) is 3.35. The minimum atomic E-state index is -0.306. The van der Waals surface area contributed by atoms with Crippen molar-refractivity contribution in [3.63, 3.8) is 0 Å². The molecule has 0 aromatic carbocycles. The molecule has 0 radical (unpaired) electrons. The Kier molecular flexibility index (Phi) is 4.97. The van der Waals surface area contributed by atoms with Crippen LogP contribution in [0.15, 0.2) is 0 Å². The van der Waals surface area contributed by atoms with Gasteiger partial charge in [-0.15, -0.1) is 11.3 Å². The number of carbonyl (C=O) groups is 1. The summed E-state index contributed by atoms with van der Waals surface area (Å²) in [5.41, 5.74) is 0.512. The largest absolute Gasteiger partial charge is 0.464 e. The highest BCUT2D eigenvalue weighted by atomic mass is 32.1. The molecule has 4 heteroatoms. The van der Waals surface area contributed by atoms with E-state index >= 15 is 0 Å². The van der Waals surface area contributed by atoms with Crippen molar-refractivity contribution in [2.24, 2.45) is 5.92 Å². The highest BCUT2D eigenvalue weighted by Gasteiger charge is 2.26. The highest BCUT2D eigenvalue weighted by molar-refractivity contribution is 7.12. The van der Waals surface area contributed by atoms with E-state index in [-0.39, 0.29) is 5.97 Å². The molecule has 1 heterocycles. The smallest absolute Gasteiger partial charge is 0.357 e. The first kappa shape index (κ1) is 14.5. The minimum Gasteiger partial charge on any atom is -0.464 e. The molecule has 1 aromatic rings. The molecule has 3 nitrogen and oxygen atoms in total. The summed E-state index contributed by atoms with van der Waals surface area (Å²) >= 11 is 1.67. The molecular weight excluding hydrogens is 258 g/mol. The van der Waals surface area contributed by atoms with Crippen LogP contribution in [0.2, 0.25) is 0 Å². The molecule has 1 aliphatic carbocycles. The van der Waals surface area contributed by atoms with Crippen LogP contribution in [-0.2, 0) is 4.74 Å². The summed E-state index contributed by atoms with van der Waals surface area (Å²) in [5, 5.41) is 1.13. The van der Waals surface area contributed by atoms with Crippen molar-refractivity contribution >= 4 is 17.3 Å². The number of nitrogens with zero attached hydrogens (tertiary/aromatic N) is 1. The van der Waals surface area contributed by atoms with Gasteiger partial charge in [-0.25, -0.2) is 9.78 Å². The molecule has 106 valence electrons. The van der Waals surface area contributed by atoms with Gasteiger partial charge in [0.05, 0.1) is 12.1 Å². The number of hydrogen-bond donors (Lipinski definition) is 0. The third-order valence-corrected chi connectivity index (χ3v) is 5.22. The molecule has 0 N–H and O–H groups in total. The van der Waals surface area contributed by atoms with E-state index in [0.29, 0.717) is 11.6 Å². The van der Waals surface area contributed by atoms with Gasteiger partial charge in [-0.05, 0) is 38.5 Å². The van der Waals surface area contributed by atoms with Crippen molar-refractivity contribution in [3.05, 3.63) is 15.6 Å². The molecule has 0 atom stereocenters. The Bertz CT molecular complexity index is 433. The summed E-state index contributed by atoms with van der Waals surface area (Å²) in [6, 6.07) is 0. The van der Waals surface area contributed by atoms with Crippen molar-refractivity contribution in [1.29, 1.82) is 0 Å². The topological polar surface area (TPSA) is 39.2 Å². The lowest BCUT2D eigenvalue weighted by atomic mass is 9.80. The Labute approximate surface area is 119 Å². The number of esters is 1. The van der Waals surface area contributed by atoms with Gasteiger partial charge in [0.25, 0.3) is 0 Å². The predicted octanol–water partition coefficient (Wildman–Crippen LogP) is 4.31. The number of aryl methyl sites for hydroxylation is 1. The molecule has 1 aromatic heterocycles. The summed E-state index contributed by atoms with van der Waals surface area (Å²) in [4.78, 5) is 17.1. The van der Waals surface area contributed by atoms with Gasteiger partial charge in [-0.3, -0.25) is 0 Å². The van der Waals surface area contributed by atoms with Gasteiger partial charge >= 0.3 is 5.97 Å². The molecule has 0 aliphatic heterocycles. The van der Waals surface area contributed by atoms with Crippen LogP contribution in [0.4, 0.5) is 0 Å². The second-order valence-electron chi connectivity index (χ2n) is 5.45. The van der Waals surface area contributed by atoms with E-state index in [9.17, 15) is 4.79 Å². The van der Waals surface area contributed by atoms with Crippen molar-refractivity contribution < 1.29 is 9.53 Å². The quantitative estimate of drug-likeness (QED) is 0.772. The number of methoxy groups -OCH3 is 1. The maximum absolute atomic E-state index is 11.6. The molecule has 0 amide bonds.